The smallest absolute Gasteiger partial charge is 0.269 e. The van der Waals surface area contributed by atoms with E-state index in [1.807, 2.05) is 0 Å². The minimum absolute atomic E-state index is 0.0389. The molecule has 0 aliphatic heterocycles. The fraction of sp³-hybridized carbons (Fsp3) is 0.333. The van der Waals surface area contributed by atoms with Crippen molar-refractivity contribution in [3.05, 3.63) is 79.9 Å². The molecule has 2 aromatic rings. The molecule has 0 bridgehead atoms. The molecule has 0 spiro atoms. The second kappa shape index (κ2) is 9.68. The summed E-state index contributed by atoms with van der Waals surface area (Å²) in [6, 6.07) is 9.98. The maximum absolute atomic E-state index is 12.2. The largest absolute Gasteiger partial charge is 0.270 e. The average Bonchev–Trinajstić information content (AvgIpc) is 2.69. The van der Waals surface area contributed by atoms with Gasteiger partial charge in [-0.1, -0.05) is 24.3 Å². The highest BCUT2D eigenvalue weighted by Crippen LogP contribution is 2.41. The Bertz CT molecular complexity index is 1170. The summed E-state index contributed by atoms with van der Waals surface area (Å²) in [6.07, 6.45) is 1.32. The Hall–Kier alpha value is -2.94. The molecule has 14 heteroatoms. The van der Waals surface area contributed by atoms with Crippen molar-refractivity contribution < 1.29 is 35.0 Å². The normalized spacial score (nSPS) is 12.4. The molecule has 0 fully saturated rings. The van der Waals surface area contributed by atoms with Gasteiger partial charge in [0.15, 0.2) is 0 Å². The van der Waals surface area contributed by atoms with Crippen molar-refractivity contribution in [2.45, 2.75) is 18.4 Å². The van der Waals surface area contributed by atoms with Crippen LogP contribution < -0.4 is 0 Å². The SMILES string of the molecule is CS(=O)(=O)OCCCC(OS(C)(=O)=O)(c1cccc([N+](=O)[O-])c1)c1cccc([N+](=O)[O-])c1. The second-order valence-corrected chi connectivity index (χ2v) is 10.1. The van der Waals surface area contributed by atoms with E-state index < -0.39 is 35.7 Å². The zero-order valence-electron chi connectivity index (χ0n) is 17.0. The van der Waals surface area contributed by atoms with Gasteiger partial charge in [0.2, 0.25) is 0 Å². The van der Waals surface area contributed by atoms with E-state index in [0.717, 1.165) is 24.6 Å². The Morgan fingerprint density at radius 2 is 1.31 bits per heavy atom. The first-order valence-electron chi connectivity index (χ1n) is 8.98. The summed E-state index contributed by atoms with van der Waals surface area (Å²) in [5.74, 6) is 0. The van der Waals surface area contributed by atoms with Gasteiger partial charge in [-0.05, 0) is 24.0 Å². The van der Waals surface area contributed by atoms with E-state index in [0.29, 0.717) is 0 Å². The summed E-state index contributed by atoms with van der Waals surface area (Å²) in [7, 11) is -7.99. The molecule has 0 saturated carbocycles. The number of rotatable bonds is 11. The summed E-state index contributed by atoms with van der Waals surface area (Å²) in [5.41, 5.74) is -2.57. The molecule has 0 unspecified atom stereocenters. The van der Waals surface area contributed by atoms with Gasteiger partial charge in [-0.3, -0.25) is 28.6 Å². The highest BCUT2D eigenvalue weighted by Gasteiger charge is 2.40. The topological polar surface area (TPSA) is 173 Å². The molecule has 12 nitrogen and oxygen atoms in total. The summed E-state index contributed by atoms with van der Waals surface area (Å²) in [5, 5.41) is 22.6. The molecule has 0 aliphatic rings. The van der Waals surface area contributed by atoms with Crippen LogP contribution >= 0.6 is 0 Å². The lowest BCUT2D eigenvalue weighted by Crippen LogP contribution is -2.34. The third-order valence-corrected chi connectivity index (χ3v) is 5.49. The predicted molar refractivity (Wildman–Crippen MR) is 113 cm³/mol. The van der Waals surface area contributed by atoms with Crippen LogP contribution in [0.5, 0.6) is 0 Å². The van der Waals surface area contributed by atoms with Crippen molar-refractivity contribution in [1.82, 2.24) is 0 Å². The van der Waals surface area contributed by atoms with E-state index in [-0.39, 0.29) is 42.0 Å². The van der Waals surface area contributed by atoms with Crippen LogP contribution in [0.25, 0.3) is 0 Å². The number of hydrogen-bond acceptors (Lipinski definition) is 10. The molecule has 0 aliphatic carbocycles. The van der Waals surface area contributed by atoms with Gasteiger partial charge in [-0.2, -0.15) is 16.8 Å². The van der Waals surface area contributed by atoms with Gasteiger partial charge in [-0.15, -0.1) is 0 Å². The number of benzene rings is 2. The van der Waals surface area contributed by atoms with Gasteiger partial charge < -0.3 is 0 Å². The van der Waals surface area contributed by atoms with Gasteiger partial charge in [0.25, 0.3) is 31.6 Å². The summed E-state index contributed by atoms with van der Waals surface area (Å²) in [4.78, 5) is 21.2. The third kappa shape index (κ3) is 6.78. The van der Waals surface area contributed by atoms with Crippen molar-refractivity contribution in [2.24, 2.45) is 0 Å². The van der Waals surface area contributed by atoms with Gasteiger partial charge >= 0.3 is 0 Å². The predicted octanol–water partition coefficient (Wildman–Crippen LogP) is 2.48. The molecule has 2 aromatic carbocycles. The molecule has 0 aromatic heterocycles. The van der Waals surface area contributed by atoms with Crippen molar-refractivity contribution in [1.29, 1.82) is 0 Å². The van der Waals surface area contributed by atoms with Gasteiger partial charge in [0, 0.05) is 24.3 Å². The van der Waals surface area contributed by atoms with Crippen molar-refractivity contribution in [3.63, 3.8) is 0 Å². The lowest BCUT2D eigenvalue weighted by Gasteiger charge is -2.33. The van der Waals surface area contributed by atoms with Crippen LogP contribution in [-0.2, 0) is 34.2 Å². The highest BCUT2D eigenvalue weighted by molar-refractivity contribution is 7.86. The third-order valence-electron chi connectivity index (χ3n) is 4.31. The van der Waals surface area contributed by atoms with Crippen molar-refractivity contribution in [2.75, 3.05) is 19.1 Å². The van der Waals surface area contributed by atoms with E-state index in [1.165, 1.54) is 36.4 Å². The molecular formula is C18H20N2O10S2. The molecule has 2 rings (SSSR count). The fourth-order valence-electron chi connectivity index (χ4n) is 3.12. The number of nitro groups is 2. The molecule has 0 saturated heterocycles. The van der Waals surface area contributed by atoms with Crippen LogP contribution in [0, 0.1) is 20.2 Å². The fourth-order valence-corrected chi connectivity index (χ4v) is 4.34. The van der Waals surface area contributed by atoms with Gasteiger partial charge in [-0.25, -0.2) is 0 Å². The van der Waals surface area contributed by atoms with Gasteiger partial charge in [0.1, 0.15) is 5.60 Å². The Balaban J connectivity index is 2.72. The lowest BCUT2D eigenvalue weighted by molar-refractivity contribution is -0.385. The Morgan fingerprint density at radius 3 is 1.69 bits per heavy atom. The molecular weight excluding hydrogens is 468 g/mol. The zero-order chi connectivity index (χ0) is 24.2. The number of nitrogens with zero attached hydrogens (tertiary/aromatic N) is 2. The van der Waals surface area contributed by atoms with E-state index >= 15 is 0 Å². The van der Waals surface area contributed by atoms with Crippen LogP contribution in [-0.4, -0.2) is 45.8 Å². The minimum atomic E-state index is -4.21. The lowest BCUT2D eigenvalue weighted by atomic mass is 9.82. The zero-order valence-corrected chi connectivity index (χ0v) is 18.7. The van der Waals surface area contributed by atoms with Crippen LogP contribution in [0.3, 0.4) is 0 Å². The number of nitro benzene ring substituents is 2. The first-order valence-corrected chi connectivity index (χ1v) is 12.6. The summed E-state index contributed by atoms with van der Waals surface area (Å²) in [6.45, 7) is -0.336. The maximum Gasteiger partial charge on any atom is 0.269 e. The monoisotopic (exact) mass is 488 g/mol. The maximum atomic E-state index is 12.2. The van der Waals surface area contributed by atoms with E-state index in [9.17, 15) is 37.1 Å². The quantitative estimate of drug-likeness (QED) is 0.198. The standard InChI is InChI=1S/C18H20N2O10S2/c1-31(25,26)29-11-5-10-18(30-32(2,27)28,14-6-3-8-16(12-14)19(21)22)15-7-4-9-17(13-15)20(23)24/h3-4,6-9,12-13H,5,10-11H2,1-2H3. The first kappa shape index (κ1) is 25.3. The van der Waals surface area contributed by atoms with Crippen LogP contribution in [0.15, 0.2) is 48.5 Å². The molecule has 32 heavy (non-hydrogen) atoms. The Labute approximate surface area is 184 Å². The Kier molecular flexibility index (Phi) is 7.66. The molecule has 0 atom stereocenters. The van der Waals surface area contributed by atoms with Gasteiger partial charge in [0.05, 0.1) is 29.0 Å². The molecule has 0 N–H and O–H groups in total. The summed E-state index contributed by atoms with van der Waals surface area (Å²) >= 11 is 0. The molecule has 174 valence electrons. The minimum Gasteiger partial charge on any atom is -0.270 e. The summed E-state index contributed by atoms with van der Waals surface area (Å²) < 4.78 is 57.1. The van der Waals surface area contributed by atoms with Crippen LogP contribution in [0.1, 0.15) is 24.0 Å². The number of non-ortho nitro benzene ring substituents is 2. The first-order chi connectivity index (χ1) is 14.7. The highest BCUT2D eigenvalue weighted by atomic mass is 32.2. The molecule has 0 radical (unpaired) electrons. The second-order valence-electron chi connectivity index (χ2n) is 6.86. The number of hydrogen-bond donors (Lipinski definition) is 0. The Morgan fingerprint density at radius 1 is 0.844 bits per heavy atom. The van der Waals surface area contributed by atoms with E-state index in [4.69, 9.17) is 8.37 Å². The van der Waals surface area contributed by atoms with Crippen molar-refractivity contribution in [3.8, 4) is 0 Å². The van der Waals surface area contributed by atoms with Crippen LogP contribution in [0.2, 0.25) is 0 Å². The molecule has 0 amide bonds. The molecule has 0 heterocycles. The van der Waals surface area contributed by atoms with E-state index in [1.54, 1.807) is 0 Å². The van der Waals surface area contributed by atoms with Crippen molar-refractivity contribution >= 4 is 31.6 Å². The average molecular weight is 488 g/mol. The van der Waals surface area contributed by atoms with Crippen LogP contribution in [0.4, 0.5) is 11.4 Å². The van der Waals surface area contributed by atoms with E-state index in [2.05, 4.69) is 0 Å².